The number of nitrogens with zero attached hydrogens (tertiary/aromatic N) is 3. The van der Waals surface area contributed by atoms with E-state index in [0.717, 1.165) is 5.69 Å². The van der Waals surface area contributed by atoms with Gasteiger partial charge in [0.2, 0.25) is 5.91 Å². The van der Waals surface area contributed by atoms with Gasteiger partial charge in [-0.05, 0) is 42.5 Å². The highest BCUT2D eigenvalue weighted by atomic mass is 35.5. The largest absolute Gasteiger partial charge is 0.368 e. The smallest absolute Gasteiger partial charge is 0.265 e. The SMILES string of the molecule is O=C(CN1c2ccc(Cl)cc2-c2ccccc2S1(=O)=O)N1CCN(c2cccc(Cl)c2)CC1. The van der Waals surface area contributed by atoms with Gasteiger partial charge in [-0.2, -0.15) is 0 Å². The number of rotatable bonds is 3. The van der Waals surface area contributed by atoms with Gasteiger partial charge in [0.15, 0.2) is 0 Å². The van der Waals surface area contributed by atoms with Gasteiger partial charge in [0.05, 0.1) is 10.6 Å². The van der Waals surface area contributed by atoms with E-state index in [-0.39, 0.29) is 17.3 Å². The minimum atomic E-state index is -3.88. The summed E-state index contributed by atoms with van der Waals surface area (Å²) in [5.41, 5.74) is 2.76. The van der Waals surface area contributed by atoms with Crippen molar-refractivity contribution in [2.45, 2.75) is 4.90 Å². The Bertz CT molecular complexity index is 1340. The van der Waals surface area contributed by atoms with E-state index in [1.165, 1.54) is 4.31 Å². The molecule has 0 atom stereocenters. The topological polar surface area (TPSA) is 60.9 Å². The lowest BCUT2D eigenvalue weighted by molar-refractivity contribution is -0.129. The number of halogens is 2. The standard InChI is InChI=1S/C24H21Cl2N3O3S/c25-17-4-3-5-19(14-17)27-10-12-28(13-11-27)24(30)16-29-22-9-8-18(26)15-21(22)20-6-1-2-7-23(20)33(29,31)32/h1-9,14-15H,10-13,16H2. The maximum absolute atomic E-state index is 13.4. The first-order chi connectivity index (χ1) is 15.8. The zero-order valence-electron chi connectivity index (χ0n) is 17.6. The van der Waals surface area contributed by atoms with Crippen molar-refractivity contribution in [1.82, 2.24) is 4.90 Å². The molecule has 0 aromatic heterocycles. The van der Waals surface area contributed by atoms with Crippen molar-refractivity contribution in [2.24, 2.45) is 0 Å². The summed E-state index contributed by atoms with van der Waals surface area (Å²) in [6.45, 7) is 2.04. The van der Waals surface area contributed by atoms with Crippen LogP contribution in [0.5, 0.6) is 0 Å². The summed E-state index contributed by atoms with van der Waals surface area (Å²) < 4.78 is 28.1. The highest BCUT2D eigenvalue weighted by Crippen LogP contribution is 2.43. The predicted octanol–water partition coefficient (Wildman–Crippen LogP) is 4.52. The number of sulfonamides is 1. The Labute approximate surface area is 203 Å². The lowest BCUT2D eigenvalue weighted by atomic mass is 10.0. The first-order valence-corrected chi connectivity index (χ1v) is 12.7. The Hall–Kier alpha value is -2.74. The molecule has 2 aliphatic heterocycles. The molecule has 1 saturated heterocycles. The van der Waals surface area contributed by atoms with Crippen molar-refractivity contribution in [3.8, 4) is 11.1 Å². The molecule has 1 amide bonds. The first-order valence-electron chi connectivity index (χ1n) is 10.5. The highest BCUT2D eigenvalue weighted by molar-refractivity contribution is 7.93. The number of amides is 1. The molecule has 0 radical (unpaired) electrons. The van der Waals surface area contributed by atoms with Gasteiger partial charge in [-0.15, -0.1) is 0 Å². The van der Waals surface area contributed by atoms with Crippen LogP contribution in [0.25, 0.3) is 11.1 Å². The zero-order valence-corrected chi connectivity index (χ0v) is 19.9. The molecule has 1 fully saturated rings. The van der Waals surface area contributed by atoms with Gasteiger partial charge < -0.3 is 9.80 Å². The van der Waals surface area contributed by atoms with E-state index in [2.05, 4.69) is 4.90 Å². The Morgan fingerprint density at radius 2 is 1.55 bits per heavy atom. The van der Waals surface area contributed by atoms with Crippen molar-refractivity contribution in [3.63, 3.8) is 0 Å². The van der Waals surface area contributed by atoms with Crippen molar-refractivity contribution in [1.29, 1.82) is 0 Å². The van der Waals surface area contributed by atoms with Crippen LogP contribution in [-0.4, -0.2) is 51.9 Å². The molecule has 2 aliphatic rings. The average Bonchev–Trinajstić information content (AvgIpc) is 2.82. The average molecular weight is 502 g/mol. The van der Waals surface area contributed by atoms with Crippen LogP contribution in [0, 0.1) is 0 Å². The van der Waals surface area contributed by atoms with E-state index < -0.39 is 10.0 Å². The van der Waals surface area contributed by atoms with Gasteiger partial charge in [-0.3, -0.25) is 9.10 Å². The lowest BCUT2D eigenvalue weighted by Gasteiger charge is -2.38. The molecule has 0 saturated carbocycles. The number of carbonyl (C=O) groups is 1. The number of benzene rings is 3. The fourth-order valence-corrected chi connectivity index (χ4v) is 6.38. The molecule has 0 spiro atoms. The van der Waals surface area contributed by atoms with Crippen molar-refractivity contribution in [2.75, 3.05) is 41.9 Å². The van der Waals surface area contributed by atoms with Crippen molar-refractivity contribution >= 4 is 50.5 Å². The van der Waals surface area contributed by atoms with E-state index in [0.29, 0.717) is 53.0 Å². The summed E-state index contributed by atoms with van der Waals surface area (Å²) in [4.78, 5) is 17.3. The Morgan fingerprint density at radius 1 is 0.818 bits per heavy atom. The summed E-state index contributed by atoms with van der Waals surface area (Å²) in [5, 5.41) is 1.17. The summed E-state index contributed by atoms with van der Waals surface area (Å²) >= 11 is 12.3. The molecule has 6 nitrogen and oxygen atoms in total. The second kappa shape index (κ2) is 8.56. The molecule has 170 valence electrons. The Kier molecular flexibility index (Phi) is 5.72. The summed E-state index contributed by atoms with van der Waals surface area (Å²) in [5.74, 6) is -0.232. The molecule has 9 heteroatoms. The molecule has 0 bridgehead atoms. The van der Waals surface area contributed by atoms with Gasteiger partial charge in [0.1, 0.15) is 6.54 Å². The van der Waals surface area contributed by atoms with E-state index in [1.807, 2.05) is 24.3 Å². The van der Waals surface area contributed by atoms with E-state index in [9.17, 15) is 13.2 Å². The first kappa shape index (κ1) is 22.1. The second-order valence-corrected chi connectivity index (χ2v) is 10.7. The van der Waals surface area contributed by atoms with Crippen LogP contribution in [0.3, 0.4) is 0 Å². The summed E-state index contributed by atoms with van der Waals surface area (Å²) in [6.07, 6.45) is 0. The fraction of sp³-hybridized carbons (Fsp3) is 0.208. The summed E-state index contributed by atoms with van der Waals surface area (Å²) in [7, 11) is -3.88. The van der Waals surface area contributed by atoms with Gasteiger partial charge in [0.25, 0.3) is 10.0 Å². The third-order valence-electron chi connectivity index (χ3n) is 6.06. The zero-order chi connectivity index (χ0) is 23.2. The molecule has 0 aliphatic carbocycles. The number of hydrogen-bond donors (Lipinski definition) is 0. The predicted molar refractivity (Wildman–Crippen MR) is 132 cm³/mol. The maximum atomic E-state index is 13.4. The third kappa shape index (κ3) is 4.05. The van der Waals surface area contributed by atoms with Gasteiger partial charge >= 0.3 is 0 Å². The molecule has 33 heavy (non-hydrogen) atoms. The molecule has 2 heterocycles. The molecule has 5 rings (SSSR count). The van der Waals surface area contributed by atoms with E-state index >= 15 is 0 Å². The molecule has 3 aromatic rings. The van der Waals surface area contributed by atoms with Gasteiger partial charge in [0, 0.05) is 53.0 Å². The number of anilines is 2. The fourth-order valence-electron chi connectivity index (χ4n) is 4.38. The molecule has 3 aromatic carbocycles. The van der Waals surface area contributed by atoms with Crippen LogP contribution in [0.2, 0.25) is 10.0 Å². The number of fused-ring (bicyclic) bond motifs is 3. The number of carbonyl (C=O) groups excluding carboxylic acids is 1. The van der Waals surface area contributed by atoms with E-state index in [1.54, 1.807) is 47.4 Å². The van der Waals surface area contributed by atoms with Crippen LogP contribution in [0.1, 0.15) is 0 Å². The molecular formula is C24H21Cl2N3O3S. The van der Waals surface area contributed by atoms with Crippen LogP contribution in [0.15, 0.2) is 71.6 Å². The number of piperazine rings is 1. The van der Waals surface area contributed by atoms with Gasteiger partial charge in [-0.1, -0.05) is 47.5 Å². The van der Waals surface area contributed by atoms with Crippen molar-refractivity contribution < 1.29 is 13.2 Å². The highest BCUT2D eigenvalue weighted by Gasteiger charge is 2.37. The minimum Gasteiger partial charge on any atom is -0.368 e. The van der Waals surface area contributed by atoms with Crippen LogP contribution in [0.4, 0.5) is 11.4 Å². The molecule has 0 N–H and O–H groups in total. The normalized spacial score (nSPS) is 16.8. The maximum Gasteiger partial charge on any atom is 0.265 e. The monoisotopic (exact) mass is 501 g/mol. The van der Waals surface area contributed by atoms with Crippen LogP contribution < -0.4 is 9.21 Å². The Morgan fingerprint density at radius 3 is 2.30 bits per heavy atom. The molecular weight excluding hydrogens is 481 g/mol. The number of hydrogen-bond acceptors (Lipinski definition) is 4. The minimum absolute atomic E-state index is 0.179. The van der Waals surface area contributed by atoms with Gasteiger partial charge in [-0.25, -0.2) is 8.42 Å². The van der Waals surface area contributed by atoms with Crippen molar-refractivity contribution in [3.05, 3.63) is 76.8 Å². The van der Waals surface area contributed by atoms with Crippen LogP contribution in [-0.2, 0) is 14.8 Å². The van der Waals surface area contributed by atoms with E-state index in [4.69, 9.17) is 23.2 Å². The lowest BCUT2D eigenvalue weighted by Crippen LogP contribution is -2.52. The summed E-state index contributed by atoms with van der Waals surface area (Å²) in [6, 6.07) is 19.5. The molecule has 0 unspecified atom stereocenters. The Balaban J connectivity index is 1.38. The second-order valence-electron chi connectivity index (χ2n) is 8.02. The third-order valence-corrected chi connectivity index (χ3v) is 8.35. The quantitative estimate of drug-likeness (QED) is 0.529. The van der Waals surface area contributed by atoms with Crippen LogP contribution >= 0.6 is 23.2 Å².